The molecule has 0 fully saturated rings. The quantitative estimate of drug-likeness (QED) is 0.0827. The van der Waals surface area contributed by atoms with Crippen LogP contribution < -0.4 is 0 Å². The number of hydrogen-bond acceptors (Lipinski definition) is 9. The Bertz CT molecular complexity index is 458. The van der Waals surface area contributed by atoms with Crippen molar-refractivity contribution in [1.29, 1.82) is 0 Å². The van der Waals surface area contributed by atoms with Crippen LogP contribution in [0.3, 0.4) is 0 Å². The molecule has 0 aliphatic carbocycles. The molecule has 0 aliphatic heterocycles. The SMILES string of the molecule is CCCCCCCCCCCCOCC(O)CN(CCO)CCCN(CCO)CCCN(CCO)CCO. The smallest absolute Gasteiger partial charge is 0.0900 e. The van der Waals surface area contributed by atoms with Gasteiger partial charge in [-0.25, -0.2) is 0 Å². The number of unbranched alkanes of at least 4 members (excludes halogenated alkanes) is 9. The molecule has 0 spiro atoms. The molecule has 0 aliphatic rings. The fourth-order valence-corrected chi connectivity index (χ4v) is 4.83. The first-order valence-corrected chi connectivity index (χ1v) is 15.5. The Labute approximate surface area is 233 Å². The van der Waals surface area contributed by atoms with Crippen LogP contribution >= 0.6 is 0 Å². The van der Waals surface area contributed by atoms with Gasteiger partial charge in [-0.1, -0.05) is 64.7 Å². The van der Waals surface area contributed by atoms with Gasteiger partial charge in [0.2, 0.25) is 0 Å². The highest BCUT2D eigenvalue weighted by Gasteiger charge is 2.13. The summed E-state index contributed by atoms with van der Waals surface area (Å²) in [6, 6.07) is 0. The third kappa shape index (κ3) is 24.7. The topological polar surface area (TPSA) is 120 Å². The molecule has 230 valence electrons. The van der Waals surface area contributed by atoms with Gasteiger partial charge < -0.3 is 35.2 Å². The maximum absolute atomic E-state index is 10.4. The Balaban J connectivity index is 4.02. The molecule has 5 N–H and O–H groups in total. The van der Waals surface area contributed by atoms with Gasteiger partial charge >= 0.3 is 0 Å². The first kappa shape index (κ1) is 37.6. The molecule has 0 aromatic heterocycles. The van der Waals surface area contributed by atoms with Crippen LogP contribution in [-0.2, 0) is 4.74 Å². The second-order valence-electron chi connectivity index (χ2n) is 10.5. The minimum Gasteiger partial charge on any atom is -0.395 e. The van der Waals surface area contributed by atoms with Crippen LogP contribution in [0, 0.1) is 0 Å². The first-order valence-electron chi connectivity index (χ1n) is 15.5. The number of hydrogen-bond donors (Lipinski definition) is 5. The van der Waals surface area contributed by atoms with E-state index in [0.717, 1.165) is 45.4 Å². The van der Waals surface area contributed by atoms with Gasteiger partial charge in [-0.15, -0.1) is 0 Å². The molecule has 0 heterocycles. The molecule has 0 bridgehead atoms. The van der Waals surface area contributed by atoms with Gasteiger partial charge in [-0.2, -0.15) is 0 Å². The number of ether oxygens (including phenoxy) is 1. The largest absolute Gasteiger partial charge is 0.395 e. The zero-order chi connectivity index (χ0) is 28.1. The lowest BCUT2D eigenvalue weighted by Gasteiger charge is -2.27. The van der Waals surface area contributed by atoms with E-state index >= 15 is 0 Å². The molecule has 0 aromatic carbocycles. The van der Waals surface area contributed by atoms with Gasteiger partial charge in [0, 0.05) is 39.3 Å². The summed E-state index contributed by atoms with van der Waals surface area (Å²) in [5.41, 5.74) is 0. The lowest BCUT2D eigenvalue weighted by Crippen LogP contribution is -2.39. The highest BCUT2D eigenvalue weighted by atomic mass is 16.5. The third-order valence-electron chi connectivity index (χ3n) is 6.98. The molecule has 1 atom stereocenters. The van der Waals surface area contributed by atoms with Gasteiger partial charge in [0.05, 0.1) is 39.1 Å². The lowest BCUT2D eigenvalue weighted by atomic mass is 10.1. The highest BCUT2D eigenvalue weighted by molar-refractivity contribution is 4.67. The zero-order valence-electron chi connectivity index (χ0n) is 24.7. The van der Waals surface area contributed by atoms with E-state index in [0.29, 0.717) is 45.9 Å². The predicted octanol–water partition coefficient (Wildman–Crippen LogP) is 1.94. The van der Waals surface area contributed by atoms with Crippen LogP contribution in [0.2, 0.25) is 0 Å². The maximum atomic E-state index is 10.4. The number of rotatable bonds is 31. The van der Waals surface area contributed by atoms with Gasteiger partial charge in [-0.05, 0) is 45.4 Å². The van der Waals surface area contributed by atoms with E-state index in [1.807, 2.05) is 4.90 Å². The Hall–Kier alpha value is -0.360. The summed E-state index contributed by atoms with van der Waals surface area (Å²) in [7, 11) is 0. The van der Waals surface area contributed by atoms with Crippen molar-refractivity contribution in [2.75, 3.05) is 98.5 Å². The molecule has 0 rings (SSSR count). The zero-order valence-corrected chi connectivity index (χ0v) is 24.7. The van der Waals surface area contributed by atoms with E-state index in [1.165, 1.54) is 57.8 Å². The van der Waals surface area contributed by atoms with Crippen molar-refractivity contribution >= 4 is 0 Å². The standard InChI is InChI=1S/C29H63N3O6/c1-2-3-4-5-6-7-8-9-10-11-26-38-28-29(37)27-32(21-25-36)17-13-15-30(18-22-33)14-12-16-31(19-23-34)20-24-35/h29,33-37H,2-28H2,1H3. The van der Waals surface area contributed by atoms with Crippen molar-refractivity contribution < 1.29 is 30.3 Å². The van der Waals surface area contributed by atoms with Gasteiger partial charge in [-0.3, -0.25) is 9.80 Å². The lowest BCUT2D eigenvalue weighted by molar-refractivity contribution is 0.0123. The second kappa shape index (κ2) is 29.6. The molecule has 0 saturated heterocycles. The summed E-state index contributed by atoms with van der Waals surface area (Å²) >= 11 is 0. The average Bonchev–Trinajstić information content (AvgIpc) is 2.89. The third-order valence-corrected chi connectivity index (χ3v) is 6.98. The maximum Gasteiger partial charge on any atom is 0.0900 e. The molecular formula is C29H63N3O6. The second-order valence-corrected chi connectivity index (χ2v) is 10.5. The predicted molar refractivity (Wildman–Crippen MR) is 156 cm³/mol. The van der Waals surface area contributed by atoms with E-state index in [-0.39, 0.29) is 26.4 Å². The van der Waals surface area contributed by atoms with Crippen LogP contribution in [-0.4, -0.2) is 145 Å². The van der Waals surface area contributed by atoms with Gasteiger partial charge in [0.1, 0.15) is 0 Å². The minimum atomic E-state index is -0.567. The minimum absolute atomic E-state index is 0.0537. The van der Waals surface area contributed by atoms with Crippen LogP contribution in [0.1, 0.15) is 84.0 Å². The normalized spacial score (nSPS) is 12.9. The average molecular weight is 550 g/mol. The summed E-state index contributed by atoms with van der Waals surface area (Å²) in [4.78, 5) is 6.34. The summed E-state index contributed by atoms with van der Waals surface area (Å²) in [5.74, 6) is 0. The van der Waals surface area contributed by atoms with Crippen molar-refractivity contribution in [2.24, 2.45) is 0 Å². The van der Waals surface area contributed by atoms with Crippen molar-refractivity contribution in [3.8, 4) is 0 Å². The summed E-state index contributed by atoms with van der Waals surface area (Å²) in [5, 5.41) is 47.6. The Morgan fingerprint density at radius 3 is 1.37 bits per heavy atom. The van der Waals surface area contributed by atoms with E-state index in [1.54, 1.807) is 0 Å². The Morgan fingerprint density at radius 1 is 0.500 bits per heavy atom. The van der Waals surface area contributed by atoms with Crippen molar-refractivity contribution in [3.63, 3.8) is 0 Å². The van der Waals surface area contributed by atoms with Crippen molar-refractivity contribution in [2.45, 2.75) is 90.1 Å². The molecule has 9 heteroatoms. The molecule has 38 heavy (non-hydrogen) atoms. The highest BCUT2D eigenvalue weighted by Crippen LogP contribution is 2.10. The van der Waals surface area contributed by atoms with E-state index in [9.17, 15) is 15.3 Å². The van der Waals surface area contributed by atoms with Crippen molar-refractivity contribution in [3.05, 3.63) is 0 Å². The Morgan fingerprint density at radius 2 is 0.895 bits per heavy atom. The number of aliphatic hydroxyl groups is 5. The molecule has 1 unspecified atom stereocenters. The molecule has 0 aromatic rings. The number of aliphatic hydroxyl groups excluding tert-OH is 5. The molecule has 0 radical (unpaired) electrons. The van der Waals surface area contributed by atoms with Crippen LogP contribution in [0.5, 0.6) is 0 Å². The summed E-state index contributed by atoms with van der Waals surface area (Å²) in [6.07, 6.45) is 14.1. The molecular weight excluding hydrogens is 486 g/mol. The van der Waals surface area contributed by atoms with E-state index in [4.69, 9.17) is 14.9 Å². The summed E-state index contributed by atoms with van der Waals surface area (Å²) in [6.45, 7) is 9.54. The summed E-state index contributed by atoms with van der Waals surface area (Å²) < 4.78 is 5.71. The van der Waals surface area contributed by atoms with Crippen LogP contribution in [0.4, 0.5) is 0 Å². The number of nitrogens with zero attached hydrogens (tertiary/aromatic N) is 3. The first-order chi connectivity index (χ1) is 18.6. The van der Waals surface area contributed by atoms with E-state index in [2.05, 4.69) is 16.7 Å². The molecule has 9 nitrogen and oxygen atoms in total. The Kier molecular flexibility index (Phi) is 29.3. The van der Waals surface area contributed by atoms with Gasteiger partial charge in [0.15, 0.2) is 0 Å². The van der Waals surface area contributed by atoms with Crippen LogP contribution in [0.25, 0.3) is 0 Å². The van der Waals surface area contributed by atoms with Crippen LogP contribution in [0.15, 0.2) is 0 Å². The molecule has 0 saturated carbocycles. The van der Waals surface area contributed by atoms with Gasteiger partial charge in [0.25, 0.3) is 0 Å². The van der Waals surface area contributed by atoms with E-state index < -0.39 is 6.10 Å². The fraction of sp³-hybridized carbons (Fsp3) is 1.00. The van der Waals surface area contributed by atoms with Crippen molar-refractivity contribution in [1.82, 2.24) is 14.7 Å². The molecule has 0 amide bonds. The fourth-order valence-electron chi connectivity index (χ4n) is 4.83. The monoisotopic (exact) mass is 549 g/mol.